The second kappa shape index (κ2) is 9.09. The number of carboxylic acid groups (broad SMARTS) is 1. The van der Waals surface area contributed by atoms with Gasteiger partial charge in [-0.05, 0) is 35.4 Å². The summed E-state index contributed by atoms with van der Waals surface area (Å²) in [6.45, 7) is 0.333. The summed E-state index contributed by atoms with van der Waals surface area (Å²) in [5, 5.41) is 22.3. The van der Waals surface area contributed by atoms with E-state index in [2.05, 4.69) is 15.0 Å². The molecule has 0 radical (unpaired) electrons. The van der Waals surface area contributed by atoms with E-state index in [1.54, 1.807) is 48.5 Å². The maximum Gasteiger partial charge on any atom is 0.335 e. The average molecular weight is 396 g/mol. The monoisotopic (exact) mass is 396 g/mol. The Labute approximate surface area is 166 Å². The van der Waals surface area contributed by atoms with E-state index < -0.39 is 11.5 Å². The maximum absolute atomic E-state index is 12.0. The number of aliphatic hydroxyl groups excluding tert-OH is 1. The van der Waals surface area contributed by atoms with Crippen LogP contribution in [0.3, 0.4) is 0 Å². The molecule has 9 nitrogen and oxygen atoms in total. The van der Waals surface area contributed by atoms with Crippen LogP contribution < -0.4 is 4.74 Å². The molecule has 3 rings (SSSR count). The maximum atomic E-state index is 12.0. The molecule has 0 spiro atoms. The Morgan fingerprint density at radius 1 is 1.28 bits per heavy atom. The molecule has 2 N–H and O–H groups in total. The number of rotatable bonds is 9. The van der Waals surface area contributed by atoms with Crippen LogP contribution in [0.25, 0.3) is 10.4 Å². The zero-order chi connectivity index (χ0) is 20.7. The number of hydrogen-bond donors (Lipinski definition) is 2. The molecule has 1 heterocycles. The number of carbonyl (C=O) groups is 1. The largest absolute Gasteiger partial charge is 0.494 e. The van der Waals surface area contributed by atoms with Crippen LogP contribution in [0.1, 0.15) is 17.5 Å². The van der Waals surface area contributed by atoms with Gasteiger partial charge in [0, 0.05) is 35.6 Å². The van der Waals surface area contributed by atoms with Gasteiger partial charge in [0.25, 0.3) is 0 Å². The van der Waals surface area contributed by atoms with Crippen LogP contribution in [0.2, 0.25) is 0 Å². The normalized spacial score (nSPS) is 17.8. The number of aliphatic imine (C=N–C) groups is 1. The van der Waals surface area contributed by atoms with Crippen molar-refractivity contribution in [2.75, 3.05) is 19.8 Å². The summed E-state index contributed by atoms with van der Waals surface area (Å²) < 4.78 is 11.1. The first-order valence-electron chi connectivity index (χ1n) is 9.01. The summed E-state index contributed by atoms with van der Waals surface area (Å²) in [6, 6.07) is 13.7. The molecule has 0 unspecified atom stereocenters. The first kappa shape index (κ1) is 20.2. The zero-order valence-electron chi connectivity index (χ0n) is 15.6. The van der Waals surface area contributed by atoms with Gasteiger partial charge in [-0.15, -0.1) is 0 Å². The van der Waals surface area contributed by atoms with Gasteiger partial charge >= 0.3 is 5.97 Å². The SMILES string of the molecule is [N-]=[N+]=Nc1ccccc1C[C@]1(C(=O)O)COC(c2ccc(OCCCO)cc2)=N1. The van der Waals surface area contributed by atoms with Crippen LogP contribution in [0.5, 0.6) is 5.75 Å². The van der Waals surface area contributed by atoms with E-state index in [9.17, 15) is 9.90 Å². The summed E-state index contributed by atoms with van der Waals surface area (Å²) in [5.74, 6) is -0.253. The van der Waals surface area contributed by atoms with E-state index in [0.717, 1.165) is 0 Å². The van der Waals surface area contributed by atoms with Crippen molar-refractivity contribution in [2.24, 2.45) is 10.1 Å². The molecule has 0 bridgehead atoms. The zero-order valence-corrected chi connectivity index (χ0v) is 15.6. The molecule has 9 heteroatoms. The van der Waals surface area contributed by atoms with Gasteiger partial charge in [-0.1, -0.05) is 29.4 Å². The molecule has 29 heavy (non-hydrogen) atoms. The molecule has 1 atom stereocenters. The smallest absolute Gasteiger partial charge is 0.335 e. The highest BCUT2D eigenvalue weighted by Crippen LogP contribution is 2.31. The van der Waals surface area contributed by atoms with Gasteiger partial charge in [0.05, 0.1) is 6.61 Å². The molecule has 0 amide bonds. The quantitative estimate of drug-likeness (QED) is 0.290. The number of carboxylic acids is 1. The predicted molar refractivity (Wildman–Crippen MR) is 105 cm³/mol. The number of hydrogen-bond acceptors (Lipinski definition) is 6. The molecule has 0 saturated heterocycles. The van der Waals surface area contributed by atoms with Crippen LogP contribution in [0.4, 0.5) is 5.69 Å². The average Bonchev–Trinajstić information content (AvgIpc) is 3.16. The minimum absolute atomic E-state index is 0.0311. The second-order valence-corrected chi connectivity index (χ2v) is 6.49. The number of ether oxygens (including phenoxy) is 2. The number of azide groups is 1. The van der Waals surface area contributed by atoms with Crippen molar-refractivity contribution in [3.63, 3.8) is 0 Å². The van der Waals surface area contributed by atoms with Gasteiger partial charge < -0.3 is 19.7 Å². The molecular weight excluding hydrogens is 376 g/mol. The van der Waals surface area contributed by atoms with E-state index >= 15 is 0 Å². The van der Waals surface area contributed by atoms with E-state index in [4.69, 9.17) is 20.1 Å². The molecule has 0 aromatic heterocycles. The molecule has 2 aromatic rings. The van der Waals surface area contributed by atoms with Crippen molar-refractivity contribution in [3.8, 4) is 5.75 Å². The summed E-state index contributed by atoms with van der Waals surface area (Å²) in [6.07, 6.45) is 0.569. The van der Waals surface area contributed by atoms with E-state index in [1.165, 1.54) is 0 Å². The minimum atomic E-state index is -1.51. The molecule has 0 aliphatic carbocycles. The lowest BCUT2D eigenvalue weighted by Crippen LogP contribution is -2.40. The third-order valence-corrected chi connectivity index (χ3v) is 4.46. The fraction of sp³-hybridized carbons (Fsp3) is 0.300. The van der Waals surface area contributed by atoms with Gasteiger partial charge in [-0.3, -0.25) is 0 Å². The van der Waals surface area contributed by atoms with Crippen molar-refractivity contribution in [3.05, 3.63) is 70.1 Å². The summed E-state index contributed by atoms with van der Waals surface area (Å²) in [7, 11) is 0. The number of nitrogens with zero attached hydrogens (tertiary/aromatic N) is 4. The highest BCUT2D eigenvalue weighted by atomic mass is 16.5. The second-order valence-electron chi connectivity index (χ2n) is 6.49. The van der Waals surface area contributed by atoms with Gasteiger partial charge in [-0.2, -0.15) is 0 Å². The van der Waals surface area contributed by atoms with Crippen molar-refractivity contribution in [2.45, 2.75) is 18.4 Å². The lowest BCUT2D eigenvalue weighted by Gasteiger charge is -2.19. The lowest BCUT2D eigenvalue weighted by molar-refractivity contribution is -0.143. The Morgan fingerprint density at radius 2 is 2.03 bits per heavy atom. The van der Waals surface area contributed by atoms with Gasteiger partial charge in [0.2, 0.25) is 5.90 Å². The Balaban J connectivity index is 1.83. The highest BCUT2D eigenvalue weighted by molar-refractivity contribution is 5.99. The third kappa shape index (κ3) is 4.66. The van der Waals surface area contributed by atoms with E-state index in [-0.39, 0.29) is 25.5 Å². The molecular formula is C20H20N4O5. The van der Waals surface area contributed by atoms with Crippen molar-refractivity contribution >= 4 is 17.6 Å². The summed E-state index contributed by atoms with van der Waals surface area (Å²) in [5.41, 5.74) is 8.79. The van der Waals surface area contributed by atoms with Crippen LogP contribution in [-0.2, 0) is 16.0 Å². The predicted octanol–water partition coefficient (Wildman–Crippen LogP) is 3.23. The Morgan fingerprint density at radius 3 is 2.72 bits per heavy atom. The number of benzene rings is 2. The molecule has 0 fully saturated rings. The molecule has 2 aromatic carbocycles. The highest BCUT2D eigenvalue weighted by Gasteiger charge is 2.45. The van der Waals surface area contributed by atoms with Crippen molar-refractivity contribution in [1.82, 2.24) is 0 Å². The van der Waals surface area contributed by atoms with Crippen LogP contribution >= 0.6 is 0 Å². The Bertz CT molecular complexity index is 954. The summed E-state index contributed by atoms with van der Waals surface area (Å²) >= 11 is 0. The minimum Gasteiger partial charge on any atom is -0.494 e. The lowest BCUT2D eigenvalue weighted by atomic mass is 9.92. The molecule has 1 aliphatic heterocycles. The van der Waals surface area contributed by atoms with Gasteiger partial charge in [0.15, 0.2) is 5.54 Å². The van der Waals surface area contributed by atoms with Crippen LogP contribution in [0.15, 0.2) is 58.6 Å². The fourth-order valence-corrected chi connectivity index (χ4v) is 2.94. The first-order valence-corrected chi connectivity index (χ1v) is 9.01. The third-order valence-electron chi connectivity index (χ3n) is 4.46. The number of aliphatic carboxylic acids is 1. The van der Waals surface area contributed by atoms with Crippen LogP contribution in [-0.4, -0.2) is 47.4 Å². The first-order chi connectivity index (χ1) is 14.1. The molecule has 150 valence electrons. The van der Waals surface area contributed by atoms with Gasteiger partial charge in [-0.25, -0.2) is 9.79 Å². The molecule has 0 saturated carbocycles. The molecule has 1 aliphatic rings. The summed E-state index contributed by atoms with van der Waals surface area (Å²) in [4.78, 5) is 19.2. The van der Waals surface area contributed by atoms with Gasteiger partial charge in [0.1, 0.15) is 12.4 Å². The van der Waals surface area contributed by atoms with Crippen molar-refractivity contribution < 1.29 is 24.5 Å². The number of aliphatic hydroxyl groups is 1. The fourth-order valence-electron chi connectivity index (χ4n) is 2.94. The topological polar surface area (TPSA) is 137 Å². The van der Waals surface area contributed by atoms with Crippen molar-refractivity contribution in [1.29, 1.82) is 0 Å². The van der Waals surface area contributed by atoms with E-state index in [0.29, 0.717) is 35.6 Å². The van der Waals surface area contributed by atoms with E-state index in [1.807, 2.05) is 0 Å². The Hall–Kier alpha value is -3.55. The standard InChI is InChI=1S/C20H20N4O5/c21-24-23-17-5-2-1-4-15(17)12-20(19(26)27)13-29-18(22-20)14-6-8-16(9-7-14)28-11-3-10-25/h1-2,4-9,25H,3,10-13H2,(H,26,27)/t20-/m1/s1. The Kier molecular flexibility index (Phi) is 6.33. The van der Waals surface area contributed by atoms with Crippen LogP contribution in [0, 0.1) is 0 Å².